The van der Waals surface area contributed by atoms with Gasteiger partial charge in [-0.1, -0.05) is 36.4 Å². The van der Waals surface area contributed by atoms with Crippen molar-refractivity contribution in [2.24, 2.45) is 0 Å². The number of aromatic nitrogens is 1. The van der Waals surface area contributed by atoms with Crippen LogP contribution in [0.25, 0.3) is 16.6 Å². The van der Waals surface area contributed by atoms with E-state index in [-0.39, 0.29) is 24.5 Å². The number of carbonyl (C=O) groups is 2. The Morgan fingerprint density at radius 3 is 2.66 bits per heavy atom. The summed E-state index contributed by atoms with van der Waals surface area (Å²) in [5.74, 6) is -0.699. The van der Waals surface area contributed by atoms with Crippen molar-refractivity contribution in [1.29, 1.82) is 0 Å². The van der Waals surface area contributed by atoms with Gasteiger partial charge in [-0.25, -0.2) is 0 Å². The van der Waals surface area contributed by atoms with Crippen molar-refractivity contribution in [3.05, 3.63) is 71.6 Å². The van der Waals surface area contributed by atoms with E-state index in [1.54, 1.807) is 0 Å². The Bertz CT molecular complexity index is 1340. The largest absolute Gasteiger partial charge is 0.395 e. The molecular formula is C28H30N4O3. The number of aliphatic hydroxyl groups is 1. The molecule has 1 atom stereocenters. The predicted octanol–water partition coefficient (Wildman–Crippen LogP) is 2.92. The normalized spacial score (nSPS) is 20.4. The van der Waals surface area contributed by atoms with E-state index in [0.29, 0.717) is 17.9 Å². The van der Waals surface area contributed by atoms with Gasteiger partial charge in [-0.3, -0.25) is 19.8 Å². The lowest BCUT2D eigenvalue weighted by molar-refractivity contribution is -0.123. The highest BCUT2D eigenvalue weighted by Gasteiger charge is 2.38. The van der Waals surface area contributed by atoms with Gasteiger partial charge in [0.2, 0.25) is 0 Å². The molecule has 3 aromatic rings. The summed E-state index contributed by atoms with van der Waals surface area (Å²) in [5, 5.41) is 13.3. The molecule has 0 unspecified atom stereocenters. The number of hydrogen-bond acceptors (Lipinski definition) is 5. The van der Waals surface area contributed by atoms with Crippen LogP contribution in [-0.4, -0.2) is 58.7 Å². The maximum absolute atomic E-state index is 13.1. The molecular weight excluding hydrogens is 440 g/mol. The second-order valence-corrected chi connectivity index (χ2v) is 9.67. The smallest absolute Gasteiger partial charge is 0.277 e. The molecule has 7 heteroatoms. The lowest BCUT2D eigenvalue weighted by Crippen LogP contribution is -2.33. The topological polar surface area (TPSA) is 77.8 Å². The van der Waals surface area contributed by atoms with Crippen LogP contribution in [0.4, 0.5) is 5.69 Å². The third-order valence-electron chi connectivity index (χ3n) is 7.68. The van der Waals surface area contributed by atoms with Gasteiger partial charge in [0.1, 0.15) is 11.4 Å². The number of anilines is 1. The molecule has 3 aliphatic heterocycles. The van der Waals surface area contributed by atoms with E-state index in [1.807, 2.05) is 52.1 Å². The van der Waals surface area contributed by atoms with E-state index in [1.165, 1.54) is 11.1 Å². The zero-order valence-corrected chi connectivity index (χ0v) is 19.7. The number of benzene rings is 2. The number of aryl methyl sites for hydroxylation is 1. The molecule has 180 valence electrons. The minimum Gasteiger partial charge on any atom is -0.395 e. The summed E-state index contributed by atoms with van der Waals surface area (Å²) >= 11 is 0. The molecule has 1 saturated heterocycles. The number of likely N-dealkylation sites (tertiary alicyclic amines) is 1. The van der Waals surface area contributed by atoms with Crippen molar-refractivity contribution >= 4 is 34.1 Å². The summed E-state index contributed by atoms with van der Waals surface area (Å²) in [6, 6.07) is 16.4. The van der Waals surface area contributed by atoms with Crippen molar-refractivity contribution in [3.8, 4) is 0 Å². The highest BCUT2D eigenvalue weighted by atomic mass is 16.3. The van der Waals surface area contributed by atoms with Gasteiger partial charge in [0.15, 0.2) is 0 Å². The summed E-state index contributed by atoms with van der Waals surface area (Å²) in [4.78, 5) is 30.5. The van der Waals surface area contributed by atoms with Gasteiger partial charge in [-0.2, -0.15) is 0 Å². The quantitative estimate of drug-likeness (QED) is 0.520. The lowest BCUT2D eigenvalue weighted by atomic mass is 10.1. The summed E-state index contributed by atoms with van der Waals surface area (Å²) in [6.45, 7) is 2.89. The number of nitrogens with one attached hydrogen (secondary N) is 1. The molecule has 2 N–H and O–H groups in total. The van der Waals surface area contributed by atoms with E-state index in [4.69, 9.17) is 0 Å². The number of hydrogen-bond donors (Lipinski definition) is 2. The van der Waals surface area contributed by atoms with Gasteiger partial charge in [0, 0.05) is 29.9 Å². The molecule has 1 fully saturated rings. The maximum Gasteiger partial charge on any atom is 0.277 e. The van der Waals surface area contributed by atoms with Gasteiger partial charge >= 0.3 is 0 Å². The Morgan fingerprint density at radius 2 is 1.77 bits per heavy atom. The van der Waals surface area contributed by atoms with E-state index in [2.05, 4.69) is 22.3 Å². The Labute approximate surface area is 204 Å². The second kappa shape index (κ2) is 8.98. The molecule has 35 heavy (non-hydrogen) atoms. The predicted molar refractivity (Wildman–Crippen MR) is 136 cm³/mol. The first kappa shape index (κ1) is 22.1. The van der Waals surface area contributed by atoms with Gasteiger partial charge in [-0.05, 0) is 68.5 Å². The molecule has 0 saturated carbocycles. The molecule has 0 aliphatic carbocycles. The number of carbonyl (C=O) groups excluding carboxylic acids is 2. The van der Waals surface area contributed by atoms with Crippen LogP contribution in [0.5, 0.6) is 0 Å². The minimum absolute atomic E-state index is 0.221. The number of amides is 2. The average Bonchev–Trinajstić information content (AvgIpc) is 3.64. The van der Waals surface area contributed by atoms with Crippen molar-refractivity contribution < 1.29 is 14.7 Å². The third kappa shape index (κ3) is 3.75. The monoisotopic (exact) mass is 470 g/mol. The van der Waals surface area contributed by atoms with Crippen LogP contribution < -0.4 is 10.2 Å². The van der Waals surface area contributed by atoms with Crippen LogP contribution in [0.1, 0.15) is 30.4 Å². The van der Waals surface area contributed by atoms with Gasteiger partial charge < -0.3 is 14.6 Å². The van der Waals surface area contributed by atoms with Crippen LogP contribution in [-0.2, 0) is 22.4 Å². The van der Waals surface area contributed by atoms with Gasteiger partial charge in [0.25, 0.3) is 11.8 Å². The second-order valence-electron chi connectivity index (χ2n) is 9.67. The number of rotatable bonds is 7. The number of imide groups is 1. The Kier molecular flexibility index (Phi) is 5.66. The fraction of sp³-hybridized carbons (Fsp3) is 0.357. The van der Waals surface area contributed by atoms with Crippen LogP contribution in [0.15, 0.2) is 60.4 Å². The van der Waals surface area contributed by atoms with E-state index in [9.17, 15) is 14.7 Å². The van der Waals surface area contributed by atoms with Gasteiger partial charge in [0.05, 0.1) is 12.1 Å². The Hall–Kier alpha value is -3.42. The molecule has 4 heterocycles. The maximum atomic E-state index is 13.1. The third-order valence-corrected chi connectivity index (χ3v) is 7.68. The molecule has 2 aromatic carbocycles. The molecule has 2 amide bonds. The first-order chi connectivity index (χ1) is 17.2. The molecule has 0 radical (unpaired) electrons. The van der Waals surface area contributed by atoms with E-state index >= 15 is 0 Å². The van der Waals surface area contributed by atoms with Gasteiger partial charge in [-0.15, -0.1) is 0 Å². The summed E-state index contributed by atoms with van der Waals surface area (Å²) in [6.07, 6.45) is 6.93. The first-order valence-corrected chi connectivity index (χ1v) is 12.6. The van der Waals surface area contributed by atoms with Crippen molar-refractivity contribution in [3.63, 3.8) is 0 Å². The molecule has 0 spiro atoms. The summed E-state index contributed by atoms with van der Waals surface area (Å²) < 4.78 is 1.91. The fourth-order valence-electron chi connectivity index (χ4n) is 5.98. The minimum atomic E-state index is -0.357. The molecule has 7 nitrogen and oxygen atoms in total. The van der Waals surface area contributed by atoms with Crippen molar-refractivity contribution in [2.45, 2.75) is 38.1 Å². The Morgan fingerprint density at radius 1 is 0.971 bits per heavy atom. The highest BCUT2D eigenvalue weighted by Crippen LogP contribution is 2.36. The van der Waals surface area contributed by atoms with Crippen LogP contribution in [0.3, 0.4) is 0 Å². The van der Waals surface area contributed by atoms with Crippen LogP contribution >= 0.6 is 0 Å². The SMILES string of the molecule is O=C1NC(=O)C(n2cc(CCCN3CCC[C@@H]3CO)c3ccccc32)=C1N1CCc2ccccc21. The number of fused-ring (bicyclic) bond motifs is 2. The molecule has 1 aromatic heterocycles. The number of nitrogens with zero attached hydrogens (tertiary/aromatic N) is 3. The standard InChI is InChI=1S/C28H30N4O3/c33-18-21-9-6-15-30(21)14-5-8-20-17-32(24-12-4-2-10-22(20)24)26-25(27(34)29-28(26)35)31-16-13-19-7-1-3-11-23(19)31/h1-4,7,10-12,17,21,33H,5-6,8-9,13-16,18H2,(H,29,34,35)/t21-/m1/s1. The summed E-state index contributed by atoms with van der Waals surface area (Å²) in [7, 11) is 0. The molecule has 3 aliphatic rings. The first-order valence-electron chi connectivity index (χ1n) is 12.6. The lowest BCUT2D eigenvalue weighted by Gasteiger charge is -2.22. The van der Waals surface area contributed by atoms with Crippen LogP contribution in [0.2, 0.25) is 0 Å². The van der Waals surface area contributed by atoms with E-state index < -0.39 is 0 Å². The van der Waals surface area contributed by atoms with Crippen LogP contribution in [0, 0.1) is 0 Å². The van der Waals surface area contributed by atoms with Crippen molar-refractivity contribution in [2.75, 3.05) is 31.1 Å². The fourth-order valence-corrected chi connectivity index (χ4v) is 5.98. The molecule has 0 bridgehead atoms. The zero-order valence-electron chi connectivity index (χ0n) is 19.7. The highest BCUT2D eigenvalue weighted by molar-refractivity contribution is 6.34. The van der Waals surface area contributed by atoms with E-state index in [0.717, 1.165) is 61.8 Å². The van der Waals surface area contributed by atoms with Crippen molar-refractivity contribution in [1.82, 2.24) is 14.8 Å². The average molecular weight is 471 g/mol. The Balaban J connectivity index is 1.36. The number of para-hydroxylation sites is 2. The number of aliphatic hydroxyl groups excluding tert-OH is 1. The molecule has 6 rings (SSSR count). The zero-order chi connectivity index (χ0) is 23.9. The summed E-state index contributed by atoms with van der Waals surface area (Å²) in [5.41, 5.74) is 5.10.